The predicted molar refractivity (Wildman–Crippen MR) is 201 cm³/mol. The summed E-state index contributed by atoms with van der Waals surface area (Å²) in [5.41, 5.74) is -2.08. The molecule has 3 aromatic carbocycles. The Kier molecular flexibility index (Phi) is 12.0. The van der Waals surface area contributed by atoms with Gasteiger partial charge in [-0.2, -0.15) is 23.5 Å². The maximum absolute atomic E-state index is 15.7. The molecule has 0 unspecified atom stereocenters. The smallest absolute Gasteiger partial charge is 0.435 e. The number of nitrogens with one attached hydrogen (secondary N) is 3. The lowest BCUT2D eigenvalue weighted by Gasteiger charge is -2.39. The predicted octanol–water partition coefficient (Wildman–Crippen LogP) is 8.66. The van der Waals surface area contributed by atoms with E-state index in [4.69, 9.17) is 4.74 Å². The quantitative estimate of drug-likeness (QED) is 0.0964. The molecular formula is C40H44F4N6O4S. The molecule has 1 aromatic heterocycles. The van der Waals surface area contributed by atoms with E-state index in [-0.39, 0.29) is 17.9 Å². The molecule has 5 rings (SSSR count). The molecule has 1 heterocycles. The fourth-order valence-electron chi connectivity index (χ4n) is 5.83. The van der Waals surface area contributed by atoms with Crippen LogP contribution in [0.4, 0.5) is 28.0 Å². The highest BCUT2D eigenvalue weighted by Crippen LogP contribution is 2.43. The zero-order chi connectivity index (χ0) is 40.3. The lowest BCUT2D eigenvalue weighted by atomic mass is 9.79. The topological polar surface area (TPSA) is 144 Å². The summed E-state index contributed by atoms with van der Waals surface area (Å²) in [6, 6.07) is 19.5. The molecule has 1 fully saturated rings. The molecule has 0 aliphatic heterocycles. The van der Waals surface area contributed by atoms with E-state index >= 15 is 4.39 Å². The van der Waals surface area contributed by atoms with Gasteiger partial charge in [-0.1, -0.05) is 43.2 Å². The Bertz CT molecular complexity index is 2060. The second-order valence-electron chi connectivity index (χ2n) is 15.6. The number of alkyl carbamates (subject to hydrolysis) is 1. The third-order valence-electron chi connectivity index (χ3n) is 8.89. The van der Waals surface area contributed by atoms with Crippen LogP contribution in [0.3, 0.4) is 0 Å². The first-order valence-electron chi connectivity index (χ1n) is 17.7. The van der Waals surface area contributed by atoms with E-state index in [0.717, 1.165) is 30.0 Å². The lowest BCUT2D eigenvalue weighted by Crippen LogP contribution is -2.52. The number of benzene rings is 3. The van der Waals surface area contributed by atoms with Gasteiger partial charge in [0.2, 0.25) is 0 Å². The van der Waals surface area contributed by atoms with Gasteiger partial charge in [-0.25, -0.2) is 13.9 Å². The van der Waals surface area contributed by atoms with Crippen molar-refractivity contribution in [3.05, 3.63) is 112 Å². The number of alkyl halides is 3. The minimum atomic E-state index is -4.92. The van der Waals surface area contributed by atoms with Crippen LogP contribution < -0.4 is 15.4 Å². The number of hydrogen-bond donors (Lipinski definition) is 3. The van der Waals surface area contributed by atoms with Crippen molar-refractivity contribution in [1.82, 2.24) is 19.8 Å². The van der Waals surface area contributed by atoms with Crippen LogP contribution >= 0.6 is 0 Å². The Balaban J connectivity index is 1.54. The highest BCUT2D eigenvalue weighted by molar-refractivity contribution is 7.90. The molecule has 4 aromatic rings. The molecule has 1 aliphatic carbocycles. The fraction of sp³-hybridized carbons (Fsp3) is 0.400. The van der Waals surface area contributed by atoms with Crippen LogP contribution in [-0.4, -0.2) is 36.7 Å². The first kappa shape index (κ1) is 41.3. The summed E-state index contributed by atoms with van der Waals surface area (Å²) in [6.07, 6.45) is -2.38. The Hall–Kier alpha value is -4.91. The number of amides is 2. The van der Waals surface area contributed by atoms with E-state index in [0.29, 0.717) is 40.7 Å². The maximum atomic E-state index is 15.7. The average molecular weight is 781 g/mol. The van der Waals surface area contributed by atoms with Crippen molar-refractivity contribution < 1.29 is 36.4 Å². The number of rotatable bonds is 12. The SMILES string of the molecule is CC(C)(C)OC(=O)NCc1cccc(-n2nc(C(F)(F)F)cc2C(=O)Nc2cc([C@](CCC3CC3)(N[S@+]([O-])C(C)(C)C)c3ccc(C#N)cc3)ccc2F)c1. The molecule has 3 N–H and O–H groups in total. The van der Waals surface area contributed by atoms with E-state index in [2.05, 4.69) is 26.5 Å². The number of nitrogens with zero attached hydrogens (tertiary/aromatic N) is 3. The molecule has 0 bridgehead atoms. The zero-order valence-corrected chi connectivity index (χ0v) is 32.3. The number of anilines is 1. The summed E-state index contributed by atoms with van der Waals surface area (Å²) in [7, 11) is 0. The fourth-order valence-corrected chi connectivity index (χ4v) is 6.79. The van der Waals surface area contributed by atoms with Crippen LogP contribution in [0.2, 0.25) is 0 Å². The Labute approximate surface area is 321 Å². The summed E-state index contributed by atoms with van der Waals surface area (Å²) in [4.78, 5) is 26.1. The van der Waals surface area contributed by atoms with Crippen LogP contribution in [0.5, 0.6) is 0 Å². The van der Waals surface area contributed by atoms with E-state index in [1.807, 2.05) is 20.8 Å². The summed E-state index contributed by atoms with van der Waals surface area (Å²) >= 11 is -1.65. The summed E-state index contributed by atoms with van der Waals surface area (Å²) in [5, 5.41) is 18.2. The van der Waals surface area contributed by atoms with E-state index in [1.165, 1.54) is 30.3 Å². The third kappa shape index (κ3) is 10.4. The Morgan fingerprint density at radius 1 is 0.982 bits per heavy atom. The normalized spacial score (nSPS) is 15.1. The molecule has 0 radical (unpaired) electrons. The van der Waals surface area contributed by atoms with E-state index < -0.39 is 62.6 Å². The van der Waals surface area contributed by atoms with Crippen LogP contribution in [-0.2, 0) is 34.4 Å². The van der Waals surface area contributed by atoms with Crippen molar-refractivity contribution in [3.63, 3.8) is 0 Å². The van der Waals surface area contributed by atoms with Gasteiger partial charge in [0.1, 0.15) is 27.4 Å². The number of aromatic nitrogens is 2. The molecular weight excluding hydrogens is 737 g/mol. The second kappa shape index (κ2) is 16.1. The largest absolute Gasteiger partial charge is 0.598 e. The number of ether oxygens (including phenoxy) is 1. The summed E-state index contributed by atoms with van der Waals surface area (Å²) < 4.78 is 80.2. The van der Waals surface area contributed by atoms with E-state index in [9.17, 15) is 32.6 Å². The van der Waals surface area contributed by atoms with Crippen molar-refractivity contribution in [2.24, 2.45) is 5.92 Å². The Morgan fingerprint density at radius 2 is 1.65 bits per heavy atom. The highest BCUT2D eigenvalue weighted by atomic mass is 32.2. The van der Waals surface area contributed by atoms with Gasteiger partial charge >= 0.3 is 12.3 Å². The van der Waals surface area contributed by atoms with Crippen molar-refractivity contribution >= 4 is 29.0 Å². The first-order chi connectivity index (χ1) is 25.7. The van der Waals surface area contributed by atoms with Gasteiger partial charge in [-0.3, -0.25) is 4.79 Å². The Morgan fingerprint density at radius 3 is 2.25 bits per heavy atom. The van der Waals surface area contributed by atoms with Crippen molar-refractivity contribution in [3.8, 4) is 11.8 Å². The third-order valence-corrected chi connectivity index (χ3v) is 10.5. The molecule has 2 amide bonds. The number of halogens is 4. The van der Waals surface area contributed by atoms with Crippen LogP contribution in [0.25, 0.3) is 5.69 Å². The van der Waals surface area contributed by atoms with Gasteiger partial charge < -0.3 is 19.9 Å². The van der Waals surface area contributed by atoms with Gasteiger partial charge in [0, 0.05) is 24.0 Å². The molecule has 10 nitrogen and oxygen atoms in total. The molecule has 55 heavy (non-hydrogen) atoms. The zero-order valence-electron chi connectivity index (χ0n) is 31.4. The van der Waals surface area contributed by atoms with Crippen molar-refractivity contribution in [1.29, 1.82) is 5.26 Å². The van der Waals surface area contributed by atoms with Gasteiger partial charge in [0.05, 0.1) is 23.0 Å². The lowest BCUT2D eigenvalue weighted by molar-refractivity contribution is -0.141. The van der Waals surface area contributed by atoms with Crippen LogP contribution in [0, 0.1) is 23.1 Å². The van der Waals surface area contributed by atoms with Gasteiger partial charge in [0.15, 0.2) is 5.69 Å². The minimum absolute atomic E-state index is 0.0363. The maximum Gasteiger partial charge on any atom is 0.435 e. The monoisotopic (exact) mass is 780 g/mol. The van der Waals surface area contributed by atoms with E-state index in [1.54, 1.807) is 51.1 Å². The van der Waals surface area contributed by atoms with Crippen molar-refractivity contribution in [2.45, 2.75) is 95.8 Å². The molecule has 0 saturated heterocycles. The van der Waals surface area contributed by atoms with Gasteiger partial charge in [-0.15, -0.1) is 4.72 Å². The van der Waals surface area contributed by atoms with Crippen molar-refractivity contribution in [2.75, 3.05) is 5.32 Å². The van der Waals surface area contributed by atoms with Gasteiger partial charge in [0.25, 0.3) is 5.91 Å². The average Bonchev–Trinajstić information content (AvgIpc) is 3.82. The summed E-state index contributed by atoms with van der Waals surface area (Å²) in [5.74, 6) is -1.50. The number of hydrogen-bond acceptors (Lipinski definition) is 7. The van der Waals surface area contributed by atoms with Gasteiger partial charge in [-0.05, 0) is 113 Å². The molecule has 15 heteroatoms. The van der Waals surface area contributed by atoms with Crippen LogP contribution in [0.1, 0.15) is 106 Å². The number of nitriles is 1. The molecule has 292 valence electrons. The number of carbonyl (C=O) groups is 2. The molecule has 0 spiro atoms. The second-order valence-corrected chi connectivity index (χ2v) is 17.5. The highest BCUT2D eigenvalue weighted by Gasteiger charge is 2.44. The molecule has 1 aliphatic rings. The molecule has 2 atom stereocenters. The molecule has 1 saturated carbocycles. The minimum Gasteiger partial charge on any atom is -0.598 e. The van der Waals surface area contributed by atoms with Crippen LogP contribution in [0.15, 0.2) is 72.8 Å². The first-order valence-corrected chi connectivity index (χ1v) is 18.9. The summed E-state index contributed by atoms with van der Waals surface area (Å²) in [6.45, 7) is 10.5. The number of carbonyl (C=O) groups excluding carboxylic acids is 2. The standard InChI is InChI=1S/C40H44F4N6O4S/c1-37(2,3)54-36(52)46-24-27-8-7-9-30(20-27)50-33(22-34(48-50)40(42,43)44)35(51)47-32-21-29(16-17-31(32)41)39(19-18-25-10-11-25,49-55(53)38(4,5)6)28-14-12-26(23-45)13-15-28/h7-9,12-17,20-22,25,49H,10-11,18-19,24H2,1-6H3,(H,46,52)(H,47,51)/t39-,55-/m1/s1.